The lowest BCUT2D eigenvalue weighted by molar-refractivity contribution is -0.226. The molecule has 1 aliphatic heterocycles. The van der Waals surface area contributed by atoms with Gasteiger partial charge in [-0.3, -0.25) is 0 Å². The molecule has 1 saturated heterocycles. The van der Waals surface area contributed by atoms with Gasteiger partial charge in [-0.05, 0) is 48.5 Å². The lowest BCUT2D eigenvalue weighted by Gasteiger charge is -2.48. The van der Waals surface area contributed by atoms with Gasteiger partial charge in [0, 0.05) is 23.9 Å². The summed E-state index contributed by atoms with van der Waals surface area (Å²) in [5.41, 5.74) is 0.140. The van der Waals surface area contributed by atoms with Crippen LogP contribution in [0.15, 0.2) is 5.16 Å². The molecule has 1 N–H and O–H groups in total. The number of hydroxylamine groups is 2. The molecule has 0 radical (unpaired) electrons. The van der Waals surface area contributed by atoms with Crippen molar-refractivity contribution in [3.63, 3.8) is 0 Å². The standard InChI is InChI=1S/C13H26N2O2/c1-11(2,3)17-14-10-8-12(4,5)15(16)13(6,7)9-10/h16H,8-9H2,1-7H3. The van der Waals surface area contributed by atoms with E-state index in [1.54, 1.807) is 0 Å². The molecular formula is C13H26N2O2. The van der Waals surface area contributed by atoms with Crippen LogP contribution in [0.3, 0.4) is 0 Å². The van der Waals surface area contributed by atoms with Crippen LogP contribution < -0.4 is 0 Å². The summed E-state index contributed by atoms with van der Waals surface area (Å²) in [5.74, 6) is 0. The van der Waals surface area contributed by atoms with Gasteiger partial charge in [0.2, 0.25) is 0 Å². The van der Waals surface area contributed by atoms with Crippen molar-refractivity contribution >= 4 is 5.71 Å². The summed E-state index contributed by atoms with van der Waals surface area (Å²) in [7, 11) is 0. The van der Waals surface area contributed by atoms with Gasteiger partial charge in [0.05, 0.1) is 5.71 Å². The van der Waals surface area contributed by atoms with Gasteiger partial charge in [0.25, 0.3) is 0 Å². The molecule has 0 unspecified atom stereocenters. The van der Waals surface area contributed by atoms with Crippen LogP contribution >= 0.6 is 0 Å². The molecule has 100 valence electrons. The van der Waals surface area contributed by atoms with Gasteiger partial charge in [-0.1, -0.05) is 5.16 Å². The minimum atomic E-state index is -0.304. The van der Waals surface area contributed by atoms with Crippen LogP contribution in [0.1, 0.15) is 61.3 Å². The lowest BCUT2D eigenvalue weighted by Crippen LogP contribution is -2.59. The third kappa shape index (κ3) is 3.68. The summed E-state index contributed by atoms with van der Waals surface area (Å²) in [5, 5.41) is 15.8. The van der Waals surface area contributed by atoms with E-state index in [1.165, 1.54) is 5.06 Å². The Hall–Kier alpha value is -0.610. The molecule has 4 heteroatoms. The summed E-state index contributed by atoms with van der Waals surface area (Å²) in [6.07, 6.45) is 1.45. The zero-order valence-corrected chi connectivity index (χ0v) is 12.2. The van der Waals surface area contributed by atoms with Gasteiger partial charge in [0.1, 0.15) is 5.60 Å². The first-order chi connectivity index (χ1) is 7.44. The smallest absolute Gasteiger partial charge is 0.129 e. The molecule has 0 aromatic rings. The Bertz CT molecular complexity index is 294. The Morgan fingerprint density at radius 2 is 1.53 bits per heavy atom. The molecular weight excluding hydrogens is 216 g/mol. The van der Waals surface area contributed by atoms with Gasteiger partial charge in [-0.25, -0.2) is 0 Å². The van der Waals surface area contributed by atoms with Crippen molar-refractivity contribution in [2.75, 3.05) is 0 Å². The van der Waals surface area contributed by atoms with Crippen LogP contribution in [0.2, 0.25) is 0 Å². The lowest BCUT2D eigenvalue weighted by atomic mass is 9.81. The van der Waals surface area contributed by atoms with E-state index in [-0.39, 0.29) is 16.7 Å². The Morgan fingerprint density at radius 1 is 1.12 bits per heavy atom. The van der Waals surface area contributed by atoms with E-state index in [4.69, 9.17) is 4.84 Å². The zero-order valence-electron chi connectivity index (χ0n) is 12.2. The van der Waals surface area contributed by atoms with Gasteiger partial charge in [-0.2, -0.15) is 5.06 Å². The minimum absolute atomic E-state index is 0.266. The molecule has 1 heterocycles. The molecule has 4 nitrogen and oxygen atoms in total. The van der Waals surface area contributed by atoms with Gasteiger partial charge < -0.3 is 10.0 Å². The monoisotopic (exact) mass is 242 g/mol. The molecule has 0 atom stereocenters. The highest BCUT2D eigenvalue weighted by Gasteiger charge is 2.43. The molecule has 0 amide bonds. The van der Waals surface area contributed by atoms with E-state index >= 15 is 0 Å². The normalized spacial score (nSPS) is 24.6. The van der Waals surface area contributed by atoms with Crippen LogP contribution in [-0.4, -0.2) is 32.7 Å². The molecule has 0 aliphatic carbocycles. The number of piperidine rings is 1. The highest BCUT2D eigenvalue weighted by Crippen LogP contribution is 2.35. The second-order valence-corrected chi connectivity index (χ2v) is 7.15. The van der Waals surface area contributed by atoms with E-state index in [1.807, 2.05) is 48.5 Å². The predicted octanol–water partition coefficient (Wildman–Crippen LogP) is 3.20. The van der Waals surface area contributed by atoms with Gasteiger partial charge >= 0.3 is 0 Å². The highest BCUT2D eigenvalue weighted by atomic mass is 16.6. The number of oxime groups is 1. The Labute approximate surface area is 105 Å². The topological polar surface area (TPSA) is 45.1 Å². The first kappa shape index (κ1) is 14.5. The number of hydrogen-bond acceptors (Lipinski definition) is 4. The van der Waals surface area contributed by atoms with E-state index in [2.05, 4.69) is 5.16 Å². The third-order valence-electron chi connectivity index (χ3n) is 2.87. The van der Waals surface area contributed by atoms with Crippen molar-refractivity contribution in [2.45, 2.75) is 78.0 Å². The van der Waals surface area contributed by atoms with Crippen molar-refractivity contribution in [3.8, 4) is 0 Å². The fourth-order valence-electron chi connectivity index (χ4n) is 2.30. The van der Waals surface area contributed by atoms with Crippen molar-refractivity contribution in [1.82, 2.24) is 5.06 Å². The summed E-state index contributed by atoms with van der Waals surface area (Å²) < 4.78 is 0. The van der Waals surface area contributed by atoms with Crippen molar-refractivity contribution in [2.24, 2.45) is 5.16 Å². The fraction of sp³-hybridized carbons (Fsp3) is 0.923. The predicted molar refractivity (Wildman–Crippen MR) is 69.3 cm³/mol. The largest absolute Gasteiger partial charge is 0.390 e. The average Bonchev–Trinajstić information content (AvgIpc) is 2.09. The maximum absolute atomic E-state index is 10.1. The number of nitrogens with zero attached hydrogens (tertiary/aromatic N) is 2. The Balaban J connectivity index is 2.85. The van der Waals surface area contributed by atoms with Crippen molar-refractivity contribution in [1.29, 1.82) is 0 Å². The van der Waals surface area contributed by atoms with E-state index < -0.39 is 0 Å². The average molecular weight is 242 g/mol. The van der Waals surface area contributed by atoms with Crippen LogP contribution in [0.25, 0.3) is 0 Å². The van der Waals surface area contributed by atoms with Crippen LogP contribution in [0, 0.1) is 0 Å². The molecule has 1 rings (SSSR count). The Morgan fingerprint density at radius 3 is 1.88 bits per heavy atom. The van der Waals surface area contributed by atoms with Crippen LogP contribution in [0.4, 0.5) is 0 Å². The van der Waals surface area contributed by atoms with E-state index in [0.717, 1.165) is 18.6 Å². The molecule has 0 spiro atoms. The highest BCUT2D eigenvalue weighted by molar-refractivity contribution is 5.86. The maximum atomic E-state index is 10.1. The molecule has 1 aliphatic rings. The van der Waals surface area contributed by atoms with Crippen molar-refractivity contribution in [3.05, 3.63) is 0 Å². The first-order valence-corrected chi connectivity index (χ1v) is 6.17. The maximum Gasteiger partial charge on any atom is 0.129 e. The zero-order chi connectivity index (χ0) is 13.5. The van der Waals surface area contributed by atoms with E-state index in [9.17, 15) is 5.21 Å². The molecule has 0 aromatic carbocycles. The first-order valence-electron chi connectivity index (χ1n) is 6.17. The second-order valence-electron chi connectivity index (χ2n) is 7.15. The number of hydrogen-bond donors (Lipinski definition) is 1. The van der Waals surface area contributed by atoms with Crippen molar-refractivity contribution < 1.29 is 10.0 Å². The third-order valence-corrected chi connectivity index (χ3v) is 2.87. The van der Waals surface area contributed by atoms with Crippen LogP contribution in [0.5, 0.6) is 0 Å². The number of rotatable bonds is 1. The molecule has 0 bridgehead atoms. The van der Waals surface area contributed by atoms with Gasteiger partial charge in [-0.15, -0.1) is 0 Å². The minimum Gasteiger partial charge on any atom is -0.390 e. The second kappa shape index (κ2) is 4.25. The quantitative estimate of drug-likeness (QED) is 0.718. The molecule has 17 heavy (non-hydrogen) atoms. The fourth-order valence-corrected chi connectivity index (χ4v) is 2.30. The Kier molecular flexibility index (Phi) is 3.61. The SMILES string of the molecule is CC(C)(C)ON=C1CC(C)(C)N(O)C(C)(C)C1. The molecule has 1 fully saturated rings. The van der Waals surface area contributed by atoms with E-state index in [0.29, 0.717) is 0 Å². The summed E-state index contributed by atoms with van der Waals surface area (Å²) >= 11 is 0. The summed E-state index contributed by atoms with van der Waals surface area (Å²) in [6.45, 7) is 14.0. The van der Waals surface area contributed by atoms with Crippen LogP contribution in [-0.2, 0) is 4.84 Å². The molecule has 0 saturated carbocycles. The summed E-state index contributed by atoms with van der Waals surface area (Å²) in [4.78, 5) is 5.48. The van der Waals surface area contributed by atoms with Gasteiger partial charge in [0.15, 0.2) is 0 Å². The molecule has 0 aromatic heterocycles. The summed E-state index contributed by atoms with van der Waals surface area (Å²) in [6, 6.07) is 0.